The maximum Gasteiger partial charge on any atom is 0.270 e. The van der Waals surface area contributed by atoms with Crippen molar-refractivity contribution in [2.24, 2.45) is 0 Å². The van der Waals surface area contributed by atoms with E-state index in [1.807, 2.05) is 4.90 Å². The molecule has 1 aliphatic heterocycles. The number of unbranched alkanes of at least 4 members (excludes halogenated alkanes) is 1. The maximum absolute atomic E-state index is 13.6. The predicted octanol–water partition coefficient (Wildman–Crippen LogP) is 5.02. The van der Waals surface area contributed by atoms with Gasteiger partial charge < -0.3 is 14.4 Å². The van der Waals surface area contributed by atoms with Gasteiger partial charge >= 0.3 is 0 Å². The molecule has 0 unspecified atom stereocenters. The Bertz CT molecular complexity index is 1010. The second-order valence-electron chi connectivity index (χ2n) is 8.11. The van der Waals surface area contributed by atoms with Crippen molar-refractivity contribution in [3.8, 4) is 0 Å². The van der Waals surface area contributed by atoms with Gasteiger partial charge in [0, 0.05) is 49.3 Å². The van der Waals surface area contributed by atoms with Gasteiger partial charge in [-0.25, -0.2) is 0 Å². The third kappa shape index (κ3) is 3.76. The van der Waals surface area contributed by atoms with Crippen LogP contribution in [0.15, 0.2) is 48.5 Å². The summed E-state index contributed by atoms with van der Waals surface area (Å²) in [6.07, 6.45) is 2.20. The van der Waals surface area contributed by atoms with Crippen LogP contribution in [0.25, 0.3) is 10.9 Å². The van der Waals surface area contributed by atoms with Crippen LogP contribution >= 0.6 is 0 Å². The molecule has 0 spiro atoms. The topological polar surface area (TPSA) is 28.5 Å². The number of nitrogens with zero attached hydrogens (tertiary/aromatic N) is 3. The first-order valence-electron chi connectivity index (χ1n) is 10.8. The molecule has 0 N–H and O–H groups in total. The Morgan fingerprint density at radius 1 is 0.966 bits per heavy atom. The lowest BCUT2D eigenvalue weighted by atomic mass is 10.1. The summed E-state index contributed by atoms with van der Waals surface area (Å²) in [5.41, 5.74) is 5.70. The number of piperazine rings is 1. The molecule has 29 heavy (non-hydrogen) atoms. The average Bonchev–Trinajstić information content (AvgIpc) is 3.04. The first kappa shape index (κ1) is 19.6. The minimum absolute atomic E-state index is 0.179. The number of fused-ring (bicyclic) bond motifs is 1. The standard InChI is InChI=1S/C25H31N3O/c1-4-5-13-28-23-12-7-6-11-22(23)20(3)24(28)25(29)27-16-14-26(15-17-27)21-10-8-9-19(2)18-21/h6-12,18H,4-5,13-17H2,1-3H3. The van der Waals surface area contributed by atoms with Crippen LogP contribution in [0.3, 0.4) is 0 Å². The minimum Gasteiger partial charge on any atom is -0.368 e. The van der Waals surface area contributed by atoms with Crippen molar-refractivity contribution in [3.05, 3.63) is 65.4 Å². The molecule has 1 saturated heterocycles. The fraction of sp³-hybridized carbons (Fsp3) is 0.400. The number of para-hydroxylation sites is 1. The molecule has 0 aliphatic carbocycles. The number of hydrogen-bond donors (Lipinski definition) is 0. The van der Waals surface area contributed by atoms with Crippen molar-refractivity contribution in [1.29, 1.82) is 0 Å². The third-order valence-electron chi connectivity index (χ3n) is 6.10. The molecule has 2 aromatic carbocycles. The summed E-state index contributed by atoms with van der Waals surface area (Å²) in [6.45, 7) is 10.6. The van der Waals surface area contributed by atoms with Gasteiger partial charge in [-0.3, -0.25) is 4.79 Å². The van der Waals surface area contributed by atoms with Crippen LogP contribution in [0.5, 0.6) is 0 Å². The summed E-state index contributed by atoms with van der Waals surface area (Å²) in [5, 5.41) is 1.20. The van der Waals surface area contributed by atoms with Gasteiger partial charge in [-0.05, 0) is 49.6 Å². The summed E-state index contributed by atoms with van der Waals surface area (Å²) >= 11 is 0. The Balaban J connectivity index is 1.57. The van der Waals surface area contributed by atoms with E-state index in [-0.39, 0.29) is 5.91 Å². The van der Waals surface area contributed by atoms with E-state index in [0.29, 0.717) is 0 Å². The number of rotatable bonds is 5. The normalized spacial score (nSPS) is 14.6. The Labute approximate surface area is 173 Å². The van der Waals surface area contributed by atoms with E-state index < -0.39 is 0 Å². The molecule has 4 heteroatoms. The lowest BCUT2D eigenvalue weighted by molar-refractivity contribution is 0.0735. The molecule has 0 saturated carbocycles. The number of hydrogen-bond acceptors (Lipinski definition) is 2. The molecule has 0 bridgehead atoms. The van der Waals surface area contributed by atoms with Crippen molar-refractivity contribution >= 4 is 22.5 Å². The van der Waals surface area contributed by atoms with Crippen molar-refractivity contribution in [1.82, 2.24) is 9.47 Å². The quantitative estimate of drug-likeness (QED) is 0.613. The van der Waals surface area contributed by atoms with Crippen molar-refractivity contribution in [3.63, 3.8) is 0 Å². The zero-order valence-electron chi connectivity index (χ0n) is 17.8. The van der Waals surface area contributed by atoms with Crippen molar-refractivity contribution in [2.75, 3.05) is 31.1 Å². The highest BCUT2D eigenvalue weighted by atomic mass is 16.2. The Morgan fingerprint density at radius 3 is 2.45 bits per heavy atom. The zero-order chi connectivity index (χ0) is 20.4. The fourth-order valence-electron chi connectivity index (χ4n) is 4.44. The summed E-state index contributed by atoms with van der Waals surface area (Å²) in [6, 6.07) is 17.0. The number of amides is 1. The second-order valence-corrected chi connectivity index (χ2v) is 8.11. The minimum atomic E-state index is 0.179. The molecular weight excluding hydrogens is 358 g/mol. The van der Waals surface area contributed by atoms with E-state index in [1.165, 1.54) is 22.2 Å². The molecule has 152 valence electrons. The maximum atomic E-state index is 13.6. The Hall–Kier alpha value is -2.75. The van der Waals surface area contributed by atoms with E-state index in [0.717, 1.165) is 56.8 Å². The first-order chi connectivity index (χ1) is 14.1. The van der Waals surface area contributed by atoms with Gasteiger partial charge in [0.05, 0.1) is 0 Å². The van der Waals surface area contributed by atoms with Crippen LogP contribution < -0.4 is 4.90 Å². The van der Waals surface area contributed by atoms with Crippen molar-refractivity contribution < 1.29 is 4.79 Å². The zero-order valence-corrected chi connectivity index (χ0v) is 17.8. The van der Waals surface area contributed by atoms with Gasteiger partial charge in [0.1, 0.15) is 5.69 Å². The Morgan fingerprint density at radius 2 is 1.72 bits per heavy atom. The SMILES string of the molecule is CCCCn1c(C(=O)N2CCN(c3cccc(C)c3)CC2)c(C)c2ccccc21. The fourth-order valence-corrected chi connectivity index (χ4v) is 4.44. The average molecular weight is 390 g/mol. The third-order valence-corrected chi connectivity index (χ3v) is 6.10. The van der Waals surface area contributed by atoms with Crippen molar-refractivity contribution in [2.45, 2.75) is 40.2 Å². The lowest BCUT2D eigenvalue weighted by Gasteiger charge is -2.36. The largest absolute Gasteiger partial charge is 0.368 e. The highest BCUT2D eigenvalue weighted by Crippen LogP contribution is 2.28. The number of aromatic nitrogens is 1. The molecule has 0 radical (unpaired) electrons. The highest BCUT2D eigenvalue weighted by molar-refractivity contribution is 6.01. The van der Waals surface area contributed by atoms with E-state index >= 15 is 0 Å². The highest BCUT2D eigenvalue weighted by Gasteiger charge is 2.27. The van der Waals surface area contributed by atoms with Gasteiger partial charge in [-0.1, -0.05) is 43.7 Å². The first-order valence-corrected chi connectivity index (χ1v) is 10.8. The number of anilines is 1. The smallest absolute Gasteiger partial charge is 0.270 e. The van der Waals surface area contributed by atoms with Gasteiger partial charge in [-0.15, -0.1) is 0 Å². The van der Waals surface area contributed by atoms with E-state index in [2.05, 4.69) is 78.8 Å². The molecule has 1 aromatic heterocycles. The molecule has 0 atom stereocenters. The van der Waals surface area contributed by atoms with Crippen LogP contribution in [0.2, 0.25) is 0 Å². The molecule has 1 fully saturated rings. The van der Waals surface area contributed by atoms with Gasteiger partial charge in [-0.2, -0.15) is 0 Å². The summed E-state index contributed by atoms with van der Waals surface area (Å²) in [7, 11) is 0. The monoisotopic (exact) mass is 389 g/mol. The van der Waals surface area contributed by atoms with Gasteiger partial charge in [0.25, 0.3) is 5.91 Å². The molecule has 2 heterocycles. The molecule has 4 nitrogen and oxygen atoms in total. The number of carbonyl (C=O) groups is 1. The number of carbonyl (C=O) groups excluding carboxylic acids is 1. The number of benzene rings is 2. The van der Waals surface area contributed by atoms with E-state index in [4.69, 9.17) is 0 Å². The van der Waals surface area contributed by atoms with E-state index in [9.17, 15) is 4.79 Å². The van der Waals surface area contributed by atoms with Gasteiger partial charge in [0.15, 0.2) is 0 Å². The van der Waals surface area contributed by atoms with E-state index in [1.54, 1.807) is 0 Å². The van der Waals surface area contributed by atoms with Crippen LogP contribution in [0.4, 0.5) is 5.69 Å². The van der Waals surface area contributed by atoms with Crippen LogP contribution in [-0.4, -0.2) is 41.6 Å². The molecule has 3 aromatic rings. The molecule has 1 aliphatic rings. The summed E-state index contributed by atoms with van der Waals surface area (Å²) in [5.74, 6) is 0.179. The van der Waals surface area contributed by atoms with Crippen LogP contribution in [0.1, 0.15) is 41.4 Å². The predicted molar refractivity (Wildman–Crippen MR) is 121 cm³/mol. The number of aryl methyl sites for hydroxylation is 3. The molecular formula is C25H31N3O. The molecule has 1 amide bonds. The lowest BCUT2D eigenvalue weighted by Crippen LogP contribution is -2.49. The summed E-state index contributed by atoms with van der Waals surface area (Å²) in [4.78, 5) is 18.0. The van der Waals surface area contributed by atoms with Crippen LogP contribution in [0, 0.1) is 13.8 Å². The van der Waals surface area contributed by atoms with Crippen LogP contribution in [-0.2, 0) is 6.54 Å². The Kier molecular flexibility index (Phi) is 5.61. The van der Waals surface area contributed by atoms with Gasteiger partial charge in [0.2, 0.25) is 0 Å². The summed E-state index contributed by atoms with van der Waals surface area (Å²) < 4.78 is 2.25. The molecule has 4 rings (SSSR count). The second kappa shape index (κ2) is 8.32.